The van der Waals surface area contributed by atoms with Crippen molar-refractivity contribution in [2.24, 2.45) is 23.2 Å². The van der Waals surface area contributed by atoms with Gasteiger partial charge >= 0.3 is 0 Å². The molecule has 0 aliphatic heterocycles. The Balaban J connectivity index is 2.04. The summed E-state index contributed by atoms with van der Waals surface area (Å²) in [7, 11) is 0. The number of aliphatic hydroxyl groups excluding tert-OH is 2. The molecule has 3 rings (SSSR count). The summed E-state index contributed by atoms with van der Waals surface area (Å²) >= 11 is 0. The monoisotopic (exact) mass is 166 g/mol. The smallest absolute Gasteiger partial charge is 0.0865 e. The number of fused-ring (bicyclic) bond motifs is 5. The molecule has 2 saturated carbocycles. The Bertz CT molecular complexity index is 261. The highest BCUT2D eigenvalue weighted by Gasteiger charge is 2.68. The van der Waals surface area contributed by atoms with E-state index in [4.69, 9.17) is 0 Å². The molecule has 0 aromatic rings. The summed E-state index contributed by atoms with van der Waals surface area (Å²) in [6.45, 7) is 2.11. The minimum Gasteiger partial charge on any atom is -0.390 e. The van der Waals surface area contributed by atoms with Crippen LogP contribution in [0.2, 0.25) is 0 Å². The predicted molar refractivity (Wildman–Crippen MR) is 44.3 cm³/mol. The van der Waals surface area contributed by atoms with Gasteiger partial charge in [-0.2, -0.15) is 0 Å². The van der Waals surface area contributed by atoms with Crippen LogP contribution in [0.1, 0.15) is 13.3 Å². The molecule has 0 radical (unpaired) electrons. The van der Waals surface area contributed by atoms with Gasteiger partial charge in [0.05, 0.1) is 12.2 Å². The van der Waals surface area contributed by atoms with E-state index in [1.165, 1.54) is 0 Å². The summed E-state index contributed by atoms with van der Waals surface area (Å²) in [5.41, 5.74) is -0.00116. The Morgan fingerprint density at radius 2 is 2.08 bits per heavy atom. The van der Waals surface area contributed by atoms with Crippen LogP contribution in [0.3, 0.4) is 0 Å². The van der Waals surface area contributed by atoms with Crippen molar-refractivity contribution in [1.82, 2.24) is 0 Å². The van der Waals surface area contributed by atoms with E-state index in [9.17, 15) is 10.2 Å². The standard InChI is InChI=1S/C10H14O2/c1-10-6-3-2-5(4-6)7(10)8(11)9(10)12/h2-3,5-9,11-12H,4H2,1H3/t5-,6+,7+,8+,9-,10+/m0/s1. The summed E-state index contributed by atoms with van der Waals surface area (Å²) in [5, 5.41) is 19.3. The number of allylic oxidation sites excluding steroid dienone is 2. The van der Waals surface area contributed by atoms with Crippen LogP contribution in [0.15, 0.2) is 12.2 Å². The molecule has 0 saturated heterocycles. The van der Waals surface area contributed by atoms with Gasteiger partial charge in [-0.25, -0.2) is 0 Å². The summed E-state index contributed by atoms with van der Waals surface area (Å²) < 4.78 is 0. The molecule has 0 unspecified atom stereocenters. The molecule has 2 nitrogen and oxygen atoms in total. The van der Waals surface area contributed by atoms with Crippen molar-refractivity contribution < 1.29 is 10.2 Å². The topological polar surface area (TPSA) is 40.5 Å². The lowest BCUT2D eigenvalue weighted by molar-refractivity contribution is -0.213. The first-order chi connectivity index (χ1) is 5.65. The van der Waals surface area contributed by atoms with Crippen molar-refractivity contribution in [3.05, 3.63) is 12.2 Å². The molecule has 2 bridgehead atoms. The largest absolute Gasteiger partial charge is 0.390 e. The number of aliphatic hydroxyl groups is 2. The van der Waals surface area contributed by atoms with Crippen molar-refractivity contribution in [2.75, 3.05) is 0 Å². The molecule has 12 heavy (non-hydrogen) atoms. The Kier molecular flexibility index (Phi) is 1.05. The lowest BCUT2D eigenvalue weighted by Gasteiger charge is -2.56. The second-order valence-electron chi connectivity index (χ2n) is 4.72. The molecule has 6 atom stereocenters. The molecular weight excluding hydrogens is 152 g/mol. The van der Waals surface area contributed by atoms with E-state index in [0.717, 1.165) is 6.42 Å². The van der Waals surface area contributed by atoms with E-state index in [2.05, 4.69) is 19.1 Å². The van der Waals surface area contributed by atoms with Crippen LogP contribution in [-0.2, 0) is 0 Å². The average Bonchev–Trinajstić information content (AvgIpc) is 2.60. The summed E-state index contributed by atoms with van der Waals surface area (Å²) in [5.74, 6) is 1.40. The lowest BCUT2D eigenvalue weighted by atomic mass is 9.52. The minimum absolute atomic E-state index is 0.00116. The SMILES string of the molecule is C[C@@]12[C@@H]([C@@H](O)[C@@H]1O)[C@H]1C=C[C@@H]2C1. The first-order valence-electron chi connectivity index (χ1n) is 4.70. The van der Waals surface area contributed by atoms with Crippen molar-refractivity contribution in [1.29, 1.82) is 0 Å². The van der Waals surface area contributed by atoms with Gasteiger partial charge in [0.25, 0.3) is 0 Å². The molecule has 2 heteroatoms. The van der Waals surface area contributed by atoms with Gasteiger partial charge in [0.2, 0.25) is 0 Å². The fourth-order valence-electron chi connectivity index (χ4n) is 3.65. The zero-order valence-corrected chi connectivity index (χ0v) is 7.14. The van der Waals surface area contributed by atoms with E-state index in [-0.39, 0.29) is 5.41 Å². The van der Waals surface area contributed by atoms with Gasteiger partial charge in [-0.3, -0.25) is 0 Å². The Morgan fingerprint density at radius 1 is 1.33 bits per heavy atom. The minimum atomic E-state index is -0.484. The highest BCUT2D eigenvalue weighted by Crippen LogP contribution is 2.66. The zero-order valence-electron chi connectivity index (χ0n) is 7.14. The highest BCUT2D eigenvalue weighted by atomic mass is 16.3. The zero-order chi connectivity index (χ0) is 8.51. The molecule has 66 valence electrons. The van der Waals surface area contributed by atoms with Gasteiger partial charge in [-0.1, -0.05) is 19.1 Å². The van der Waals surface area contributed by atoms with E-state index >= 15 is 0 Å². The second kappa shape index (κ2) is 1.78. The van der Waals surface area contributed by atoms with Gasteiger partial charge in [0, 0.05) is 11.3 Å². The molecule has 2 fully saturated rings. The molecule has 0 aromatic heterocycles. The quantitative estimate of drug-likeness (QED) is 0.516. The first kappa shape index (κ1) is 7.10. The molecule has 3 aliphatic carbocycles. The Labute approximate surface area is 71.9 Å². The molecule has 2 N–H and O–H groups in total. The Hall–Kier alpha value is -0.340. The fraction of sp³-hybridized carbons (Fsp3) is 0.800. The Morgan fingerprint density at radius 3 is 2.75 bits per heavy atom. The molecule has 0 amide bonds. The molecule has 0 aromatic carbocycles. The van der Waals surface area contributed by atoms with Crippen molar-refractivity contribution in [3.63, 3.8) is 0 Å². The summed E-state index contributed by atoms with van der Waals surface area (Å²) in [4.78, 5) is 0. The molecule has 0 spiro atoms. The van der Waals surface area contributed by atoms with Crippen LogP contribution in [0.25, 0.3) is 0 Å². The number of hydrogen-bond acceptors (Lipinski definition) is 2. The highest BCUT2D eigenvalue weighted by molar-refractivity contribution is 5.27. The normalized spacial score (nSPS) is 66.4. The van der Waals surface area contributed by atoms with E-state index < -0.39 is 12.2 Å². The van der Waals surface area contributed by atoms with E-state index in [1.807, 2.05) is 0 Å². The van der Waals surface area contributed by atoms with Crippen molar-refractivity contribution in [3.8, 4) is 0 Å². The fourth-order valence-corrected chi connectivity index (χ4v) is 3.65. The van der Waals surface area contributed by atoms with Crippen LogP contribution < -0.4 is 0 Å². The van der Waals surface area contributed by atoms with Gasteiger partial charge in [0.1, 0.15) is 0 Å². The van der Waals surface area contributed by atoms with Gasteiger partial charge in [0.15, 0.2) is 0 Å². The van der Waals surface area contributed by atoms with Gasteiger partial charge < -0.3 is 10.2 Å². The van der Waals surface area contributed by atoms with Crippen LogP contribution in [0.4, 0.5) is 0 Å². The van der Waals surface area contributed by atoms with Crippen LogP contribution in [0, 0.1) is 23.2 Å². The molecule has 0 heterocycles. The van der Waals surface area contributed by atoms with Crippen LogP contribution >= 0.6 is 0 Å². The van der Waals surface area contributed by atoms with E-state index in [0.29, 0.717) is 17.8 Å². The predicted octanol–water partition coefficient (Wildman–Crippen LogP) is 0.550. The van der Waals surface area contributed by atoms with Gasteiger partial charge in [-0.05, 0) is 18.3 Å². The third-order valence-electron chi connectivity index (χ3n) is 4.42. The summed E-state index contributed by atoms with van der Waals surface area (Å²) in [6.07, 6.45) is 4.63. The third-order valence-corrected chi connectivity index (χ3v) is 4.42. The lowest BCUT2D eigenvalue weighted by Crippen LogP contribution is -2.64. The molecule has 3 aliphatic rings. The van der Waals surface area contributed by atoms with E-state index in [1.54, 1.807) is 0 Å². The van der Waals surface area contributed by atoms with Crippen LogP contribution in [0.5, 0.6) is 0 Å². The first-order valence-corrected chi connectivity index (χ1v) is 4.70. The third kappa shape index (κ3) is 0.485. The maximum atomic E-state index is 9.68. The maximum Gasteiger partial charge on any atom is 0.0865 e. The van der Waals surface area contributed by atoms with Gasteiger partial charge in [-0.15, -0.1) is 0 Å². The molecular formula is C10H14O2. The van der Waals surface area contributed by atoms with Crippen molar-refractivity contribution in [2.45, 2.75) is 25.6 Å². The summed E-state index contributed by atoms with van der Waals surface area (Å²) in [6, 6.07) is 0. The number of rotatable bonds is 0. The second-order valence-corrected chi connectivity index (χ2v) is 4.72. The number of hydrogen-bond donors (Lipinski definition) is 2. The average molecular weight is 166 g/mol. The van der Waals surface area contributed by atoms with Crippen LogP contribution in [-0.4, -0.2) is 22.4 Å². The van der Waals surface area contributed by atoms with Crippen molar-refractivity contribution >= 4 is 0 Å². The maximum absolute atomic E-state index is 9.68.